The lowest BCUT2D eigenvalue weighted by atomic mass is 10.7. The van der Waals surface area contributed by atoms with E-state index in [1.54, 1.807) is 13.8 Å². The van der Waals surface area contributed by atoms with Gasteiger partial charge < -0.3 is 23.7 Å². The van der Waals surface area contributed by atoms with Crippen molar-refractivity contribution in [2.24, 2.45) is 0 Å². The molecule has 0 saturated heterocycles. The van der Waals surface area contributed by atoms with Gasteiger partial charge in [-0.3, -0.25) is 0 Å². The normalized spacial score (nSPS) is 9.53. The highest BCUT2D eigenvalue weighted by atomic mass is 16.7. The Morgan fingerprint density at radius 3 is 1.47 bits per heavy atom. The SMILES string of the molecule is CCOC(=O)OCCOCCOC(=O)OCC. The van der Waals surface area contributed by atoms with Crippen LogP contribution in [-0.4, -0.2) is 52.0 Å². The monoisotopic (exact) mass is 250 g/mol. The summed E-state index contributed by atoms with van der Waals surface area (Å²) in [6.07, 6.45) is -1.45. The van der Waals surface area contributed by atoms with Gasteiger partial charge in [0.25, 0.3) is 0 Å². The zero-order valence-electron chi connectivity index (χ0n) is 10.1. The van der Waals surface area contributed by atoms with E-state index >= 15 is 0 Å². The van der Waals surface area contributed by atoms with Gasteiger partial charge in [-0.1, -0.05) is 0 Å². The number of carbonyl (C=O) groups excluding carboxylic acids is 2. The first-order valence-corrected chi connectivity index (χ1v) is 5.37. The van der Waals surface area contributed by atoms with Crippen molar-refractivity contribution in [2.45, 2.75) is 13.8 Å². The second-order valence-electron chi connectivity index (χ2n) is 2.68. The topological polar surface area (TPSA) is 80.3 Å². The van der Waals surface area contributed by atoms with Gasteiger partial charge in [0, 0.05) is 0 Å². The summed E-state index contributed by atoms with van der Waals surface area (Å²) in [5.41, 5.74) is 0. The highest BCUT2D eigenvalue weighted by Crippen LogP contribution is 1.87. The highest BCUT2D eigenvalue weighted by molar-refractivity contribution is 5.59. The molecule has 0 bridgehead atoms. The van der Waals surface area contributed by atoms with E-state index < -0.39 is 12.3 Å². The zero-order valence-corrected chi connectivity index (χ0v) is 10.1. The molecule has 0 spiro atoms. The standard InChI is InChI=1S/C10H18O7/c1-3-14-9(11)16-7-5-13-6-8-17-10(12)15-4-2/h3-8H2,1-2H3. The number of ether oxygens (including phenoxy) is 5. The molecule has 0 fully saturated rings. The van der Waals surface area contributed by atoms with Crippen molar-refractivity contribution in [3.63, 3.8) is 0 Å². The van der Waals surface area contributed by atoms with E-state index in [0.29, 0.717) is 0 Å². The predicted molar refractivity (Wildman–Crippen MR) is 56.8 cm³/mol. The van der Waals surface area contributed by atoms with E-state index in [0.717, 1.165) is 0 Å². The van der Waals surface area contributed by atoms with Crippen LogP contribution in [0.4, 0.5) is 9.59 Å². The number of hydrogen-bond acceptors (Lipinski definition) is 7. The molecule has 0 N–H and O–H groups in total. The van der Waals surface area contributed by atoms with Crippen molar-refractivity contribution in [3.8, 4) is 0 Å². The van der Waals surface area contributed by atoms with E-state index in [2.05, 4.69) is 18.9 Å². The first-order chi connectivity index (χ1) is 8.20. The van der Waals surface area contributed by atoms with E-state index in [-0.39, 0.29) is 39.6 Å². The van der Waals surface area contributed by atoms with Gasteiger partial charge in [-0.25, -0.2) is 9.59 Å². The van der Waals surface area contributed by atoms with Gasteiger partial charge in [-0.2, -0.15) is 0 Å². The Kier molecular flexibility index (Phi) is 10.0. The zero-order chi connectivity index (χ0) is 12.9. The molecule has 0 unspecified atom stereocenters. The van der Waals surface area contributed by atoms with E-state index in [4.69, 9.17) is 4.74 Å². The number of hydrogen-bond donors (Lipinski definition) is 0. The van der Waals surface area contributed by atoms with Gasteiger partial charge >= 0.3 is 12.3 Å². The van der Waals surface area contributed by atoms with Gasteiger partial charge in [0.15, 0.2) is 0 Å². The van der Waals surface area contributed by atoms with Crippen molar-refractivity contribution in [2.75, 3.05) is 39.6 Å². The maximum atomic E-state index is 10.7. The summed E-state index contributed by atoms with van der Waals surface area (Å²) in [5, 5.41) is 0. The Hall–Kier alpha value is -1.50. The fraction of sp³-hybridized carbons (Fsp3) is 0.800. The van der Waals surface area contributed by atoms with Gasteiger partial charge in [0.1, 0.15) is 13.2 Å². The second-order valence-corrected chi connectivity index (χ2v) is 2.68. The fourth-order valence-electron chi connectivity index (χ4n) is 0.789. The lowest BCUT2D eigenvalue weighted by Gasteiger charge is -2.06. The van der Waals surface area contributed by atoms with Crippen LogP contribution in [0.2, 0.25) is 0 Å². The molecular weight excluding hydrogens is 232 g/mol. The maximum absolute atomic E-state index is 10.7. The molecule has 0 rings (SSSR count). The van der Waals surface area contributed by atoms with Crippen LogP contribution in [0.5, 0.6) is 0 Å². The molecule has 0 aliphatic heterocycles. The minimum absolute atomic E-state index is 0.0955. The minimum atomic E-state index is -0.723. The third kappa shape index (κ3) is 10.8. The van der Waals surface area contributed by atoms with Crippen LogP contribution in [0, 0.1) is 0 Å². The summed E-state index contributed by atoms with van der Waals surface area (Å²) in [4.78, 5) is 21.4. The van der Waals surface area contributed by atoms with Crippen molar-refractivity contribution in [1.29, 1.82) is 0 Å². The summed E-state index contributed by atoms with van der Waals surface area (Å²) in [6.45, 7) is 4.53. The van der Waals surface area contributed by atoms with Gasteiger partial charge in [0.05, 0.1) is 26.4 Å². The van der Waals surface area contributed by atoms with Crippen molar-refractivity contribution in [1.82, 2.24) is 0 Å². The Morgan fingerprint density at radius 2 is 1.12 bits per heavy atom. The molecule has 0 atom stereocenters. The van der Waals surface area contributed by atoms with Crippen LogP contribution in [0.3, 0.4) is 0 Å². The Labute approximate surface area is 99.9 Å². The van der Waals surface area contributed by atoms with E-state index in [1.807, 2.05) is 0 Å². The van der Waals surface area contributed by atoms with Gasteiger partial charge in [0.2, 0.25) is 0 Å². The van der Waals surface area contributed by atoms with Crippen LogP contribution < -0.4 is 0 Å². The summed E-state index contributed by atoms with van der Waals surface area (Å²) in [6, 6.07) is 0. The van der Waals surface area contributed by atoms with Crippen molar-refractivity contribution >= 4 is 12.3 Å². The Bertz CT molecular complexity index is 195. The minimum Gasteiger partial charge on any atom is -0.435 e. The van der Waals surface area contributed by atoms with Crippen LogP contribution in [0.25, 0.3) is 0 Å². The quantitative estimate of drug-likeness (QED) is 0.475. The molecule has 100 valence electrons. The van der Waals surface area contributed by atoms with E-state index in [1.165, 1.54) is 0 Å². The predicted octanol–water partition coefficient (Wildman–Crippen LogP) is 1.35. The number of carbonyl (C=O) groups is 2. The Balaban J connectivity index is 3.18. The summed E-state index contributed by atoms with van der Waals surface area (Å²) in [5.74, 6) is 0. The van der Waals surface area contributed by atoms with Crippen LogP contribution in [0.15, 0.2) is 0 Å². The van der Waals surface area contributed by atoms with Crippen LogP contribution in [-0.2, 0) is 23.7 Å². The van der Waals surface area contributed by atoms with Crippen molar-refractivity contribution in [3.05, 3.63) is 0 Å². The molecule has 0 radical (unpaired) electrons. The third-order valence-corrected chi connectivity index (χ3v) is 1.42. The van der Waals surface area contributed by atoms with Gasteiger partial charge in [-0.15, -0.1) is 0 Å². The molecule has 17 heavy (non-hydrogen) atoms. The smallest absolute Gasteiger partial charge is 0.435 e. The second kappa shape index (κ2) is 11.0. The molecule has 0 saturated carbocycles. The first kappa shape index (κ1) is 15.5. The molecule has 0 heterocycles. The molecule has 7 heteroatoms. The molecule has 0 aromatic heterocycles. The summed E-state index contributed by atoms with van der Waals surface area (Å²) >= 11 is 0. The molecule has 0 amide bonds. The maximum Gasteiger partial charge on any atom is 0.508 e. The van der Waals surface area contributed by atoms with Crippen molar-refractivity contribution < 1.29 is 33.3 Å². The molecule has 0 aromatic carbocycles. The lowest BCUT2D eigenvalue weighted by Crippen LogP contribution is -2.15. The highest BCUT2D eigenvalue weighted by Gasteiger charge is 2.02. The molecule has 0 aliphatic rings. The van der Waals surface area contributed by atoms with Gasteiger partial charge in [-0.05, 0) is 13.8 Å². The molecule has 7 nitrogen and oxygen atoms in total. The lowest BCUT2D eigenvalue weighted by molar-refractivity contribution is 0.00804. The fourth-order valence-corrected chi connectivity index (χ4v) is 0.789. The van der Waals surface area contributed by atoms with Crippen LogP contribution >= 0.6 is 0 Å². The first-order valence-electron chi connectivity index (χ1n) is 5.37. The molecular formula is C10H18O7. The largest absolute Gasteiger partial charge is 0.508 e. The number of rotatable bonds is 8. The van der Waals surface area contributed by atoms with E-state index in [9.17, 15) is 9.59 Å². The Morgan fingerprint density at radius 1 is 0.706 bits per heavy atom. The average molecular weight is 250 g/mol. The molecule has 0 aromatic rings. The van der Waals surface area contributed by atoms with Crippen LogP contribution in [0.1, 0.15) is 13.8 Å². The summed E-state index contributed by atoms with van der Waals surface area (Å²) in [7, 11) is 0. The average Bonchev–Trinajstić information content (AvgIpc) is 2.28. The summed E-state index contributed by atoms with van der Waals surface area (Å²) < 4.78 is 23.3. The molecule has 0 aliphatic carbocycles. The third-order valence-electron chi connectivity index (χ3n) is 1.42.